The first-order chi connectivity index (χ1) is 8.58. The van der Waals surface area contributed by atoms with Crippen molar-refractivity contribution in [1.29, 1.82) is 0 Å². The van der Waals surface area contributed by atoms with Crippen molar-refractivity contribution in [3.63, 3.8) is 0 Å². The molecule has 0 fully saturated rings. The average molecular weight is 288 g/mol. The third kappa shape index (κ3) is 3.99. The predicted octanol–water partition coefficient (Wildman–Crippen LogP) is 1.95. The van der Waals surface area contributed by atoms with Crippen LogP contribution < -0.4 is 5.73 Å². The Hall–Kier alpha value is -0.980. The van der Waals surface area contributed by atoms with E-state index in [1.807, 2.05) is 20.8 Å². The maximum Gasteiger partial charge on any atom is 0.242 e. The Morgan fingerprint density at radius 1 is 1.32 bits per heavy atom. The first-order valence-electron chi connectivity index (χ1n) is 6.03. The standard InChI is InChI=1S/C13H21FN2O2S/c1-13(2,3)9-16(4)19(17,18)11-5-6-12(14)10(7-11)8-15/h5-7H,8-9,15H2,1-4H3. The number of hydrogen-bond acceptors (Lipinski definition) is 3. The molecule has 1 aromatic rings. The maximum absolute atomic E-state index is 13.3. The fraction of sp³-hybridized carbons (Fsp3) is 0.538. The SMILES string of the molecule is CN(CC(C)(C)C)S(=O)(=O)c1ccc(F)c(CN)c1. The van der Waals surface area contributed by atoms with Crippen LogP contribution in [0.15, 0.2) is 23.1 Å². The van der Waals surface area contributed by atoms with Crippen LogP contribution in [0.4, 0.5) is 4.39 Å². The molecule has 0 aliphatic carbocycles. The highest BCUT2D eigenvalue weighted by atomic mass is 32.2. The van der Waals surface area contributed by atoms with E-state index in [9.17, 15) is 12.8 Å². The van der Waals surface area contributed by atoms with Crippen LogP contribution in [-0.2, 0) is 16.6 Å². The molecule has 0 radical (unpaired) electrons. The van der Waals surface area contributed by atoms with Crippen LogP contribution in [0.5, 0.6) is 0 Å². The second-order valence-corrected chi connectivity index (χ2v) is 7.82. The zero-order valence-corrected chi connectivity index (χ0v) is 12.6. The minimum Gasteiger partial charge on any atom is -0.326 e. The van der Waals surface area contributed by atoms with Crippen molar-refractivity contribution in [3.8, 4) is 0 Å². The highest BCUT2D eigenvalue weighted by Crippen LogP contribution is 2.22. The molecule has 0 saturated carbocycles. The van der Waals surface area contributed by atoms with Crippen molar-refractivity contribution in [1.82, 2.24) is 4.31 Å². The smallest absolute Gasteiger partial charge is 0.242 e. The summed E-state index contributed by atoms with van der Waals surface area (Å²) in [6.07, 6.45) is 0. The first kappa shape index (κ1) is 16.1. The van der Waals surface area contributed by atoms with Crippen LogP contribution in [0.2, 0.25) is 0 Å². The Labute approximate surface area is 114 Å². The average Bonchev–Trinajstić information content (AvgIpc) is 2.27. The molecule has 108 valence electrons. The normalized spacial score (nSPS) is 13.0. The van der Waals surface area contributed by atoms with Crippen molar-refractivity contribution < 1.29 is 12.8 Å². The van der Waals surface area contributed by atoms with Gasteiger partial charge >= 0.3 is 0 Å². The zero-order chi connectivity index (χ0) is 14.8. The molecule has 0 bridgehead atoms. The molecular weight excluding hydrogens is 267 g/mol. The second-order valence-electron chi connectivity index (χ2n) is 5.78. The summed E-state index contributed by atoms with van der Waals surface area (Å²) in [4.78, 5) is 0.0705. The van der Waals surface area contributed by atoms with Crippen LogP contribution >= 0.6 is 0 Å². The number of sulfonamides is 1. The van der Waals surface area contributed by atoms with Crippen LogP contribution in [-0.4, -0.2) is 26.3 Å². The third-order valence-corrected chi connectivity index (χ3v) is 4.44. The van der Waals surface area contributed by atoms with Gasteiger partial charge in [0.2, 0.25) is 10.0 Å². The van der Waals surface area contributed by atoms with E-state index in [-0.39, 0.29) is 22.4 Å². The lowest BCUT2D eigenvalue weighted by atomic mass is 9.97. The molecule has 4 nitrogen and oxygen atoms in total. The zero-order valence-electron chi connectivity index (χ0n) is 11.8. The molecule has 0 aromatic heterocycles. The lowest BCUT2D eigenvalue weighted by molar-refractivity contribution is 0.310. The number of rotatable bonds is 4. The van der Waals surface area contributed by atoms with Gasteiger partial charge in [0.1, 0.15) is 5.82 Å². The monoisotopic (exact) mass is 288 g/mol. The lowest BCUT2D eigenvalue weighted by Crippen LogP contribution is -2.34. The molecule has 0 aliphatic rings. The molecule has 0 unspecified atom stereocenters. The van der Waals surface area contributed by atoms with E-state index < -0.39 is 15.8 Å². The summed E-state index contributed by atoms with van der Waals surface area (Å²) in [5, 5.41) is 0. The summed E-state index contributed by atoms with van der Waals surface area (Å²) in [6.45, 7) is 6.21. The highest BCUT2D eigenvalue weighted by molar-refractivity contribution is 7.89. The molecular formula is C13H21FN2O2S. The van der Waals surface area contributed by atoms with Gasteiger partial charge in [-0.05, 0) is 23.6 Å². The fourth-order valence-corrected chi connectivity index (χ4v) is 3.25. The molecule has 1 rings (SSSR count). The van der Waals surface area contributed by atoms with E-state index in [1.54, 1.807) is 0 Å². The van der Waals surface area contributed by atoms with Crippen LogP contribution in [0.1, 0.15) is 26.3 Å². The van der Waals surface area contributed by atoms with Crippen molar-refractivity contribution >= 4 is 10.0 Å². The third-order valence-electron chi connectivity index (χ3n) is 2.64. The largest absolute Gasteiger partial charge is 0.326 e. The summed E-state index contributed by atoms with van der Waals surface area (Å²) < 4.78 is 39.3. The van der Waals surface area contributed by atoms with E-state index in [1.165, 1.54) is 23.5 Å². The van der Waals surface area contributed by atoms with Gasteiger partial charge in [-0.15, -0.1) is 0 Å². The van der Waals surface area contributed by atoms with E-state index in [2.05, 4.69) is 0 Å². The molecule has 0 saturated heterocycles. The molecule has 1 aromatic carbocycles. The summed E-state index contributed by atoms with van der Waals surface area (Å²) in [7, 11) is -2.09. The van der Waals surface area contributed by atoms with Gasteiger partial charge in [-0.2, -0.15) is 0 Å². The van der Waals surface area contributed by atoms with Crippen molar-refractivity contribution in [3.05, 3.63) is 29.6 Å². The summed E-state index contributed by atoms with van der Waals surface area (Å²) in [5.41, 5.74) is 5.44. The Kier molecular flexibility index (Phi) is 4.71. The van der Waals surface area contributed by atoms with E-state index in [0.29, 0.717) is 6.54 Å². The molecule has 0 atom stereocenters. The number of nitrogens with zero attached hydrogens (tertiary/aromatic N) is 1. The number of nitrogens with two attached hydrogens (primary N) is 1. The predicted molar refractivity (Wildman–Crippen MR) is 73.6 cm³/mol. The minimum absolute atomic E-state index is 0.0296. The van der Waals surface area contributed by atoms with Crippen molar-refractivity contribution in [2.75, 3.05) is 13.6 Å². The Morgan fingerprint density at radius 3 is 2.37 bits per heavy atom. The van der Waals surface area contributed by atoms with Gasteiger partial charge in [0.05, 0.1) is 4.90 Å². The first-order valence-corrected chi connectivity index (χ1v) is 7.47. The van der Waals surface area contributed by atoms with E-state index in [0.717, 1.165) is 6.07 Å². The minimum atomic E-state index is -3.61. The summed E-state index contributed by atoms with van der Waals surface area (Å²) >= 11 is 0. The molecule has 0 spiro atoms. The van der Waals surface area contributed by atoms with Gasteiger partial charge < -0.3 is 5.73 Å². The van der Waals surface area contributed by atoms with Crippen LogP contribution in [0.25, 0.3) is 0 Å². The van der Waals surface area contributed by atoms with Crippen LogP contribution in [0, 0.1) is 11.2 Å². The quantitative estimate of drug-likeness (QED) is 0.921. The Balaban J connectivity index is 3.13. The topological polar surface area (TPSA) is 63.4 Å². The van der Waals surface area contributed by atoms with Gasteiger partial charge in [-0.3, -0.25) is 0 Å². The number of halogens is 1. The Bertz CT molecular complexity index is 550. The van der Waals surface area contributed by atoms with Gasteiger partial charge in [0, 0.05) is 25.7 Å². The number of benzene rings is 1. The van der Waals surface area contributed by atoms with Crippen LogP contribution in [0.3, 0.4) is 0 Å². The van der Waals surface area contributed by atoms with Gasteiger partial charge in [0.15, 0.2) is 0 Å². The van der Waals surface area contributed by atoms with Crippen molar-refractivity contribution in [2.24, 2.45) is 11.1 Å². The lowest BCUT2D eigenvalue weighted by Gasteiger charge is -2.26. The number of hydrogen-bond donors (Lipinski definition) is 1. The molecule has 0 aliphatic heterocycles. The van der Waals surface area contributed by atoms with Gasteiger partial charge in [-0.1, -0.05) is 20.8 Å². The fourth-order valence-electron chi connectivity index (χ4n) is 1.80. The molecule has 19 heavy (non-hydrogen) atoms. The summed E-state index contributed by atoms with van der Waals surface area (Å²) in [5.74, 6) is -0.486. The molecule has 6 heteroatoms. The van der Waals surface area contributed by atoms with E-state index in [4.69, 9.17) is 5.73 Å². The summed E-state index contributed by atoms with van der Waals surface area (Å²) in [6, 6.07) is 3.70. The van der Waals surface area contributed by atoms with E-state index >= 15 is 0 Å². The maximum atomic E-state index is 13.3. The van der Waals surface area contributed by atoms with Gasteiger partial charge in [0.25, 0.3) is 0 Å². The second kappa shape index (κ2) is 5.56. The van der Waals surface area contributed by atoms with Crippen molar-refractivity contribution in [2.45, 2.75) is 32.2 Å². The van der Waals surface area contributed by atoms with Gasteiger partial charge in [-0.25, -0.2) is 17.1 Å². The molecule has 0 amide bonds. The Morgan fingerprint density at radius 2 is 1.89 bits per heavy atom. The highest BCUT2D eigenvalue weighted by Gasteiger charge is 2.25. The molecule has 0 heterocycles. The molecule has 2 N–H and O–H groups in total.